The highest BCUT2D eigenvalue weighted by molar-refractivity contribution is 7.44. The van der Waals surface area contributed by atoms with Gasteiger partial charge in [0.2, 0.25) is 6.69 Å². The molecule has 11 heavy (non-hydrogen) atoms. The van der Waals surface area contributed by atoms with Crippen LogP contribution in [0.3, 0.4) is 0 Å². The Morgan fingerprint density at radius 2 is 0.818 bits per heavy atom. The molecule has 0 N–H and O–H groups in total. The van der Waals surface area contributed by atoms with Gasteiger partial charge in [-0.15, -0.1) is 22.2 Å². The average Bonchev–Trinajstić information content (AvgIpc) is 1.88. The van der Waals surface area contributed by atoms with Gasteiger partial charge in [0, 0.05) is 0 Å². The summed E-state index contributed by atoms with van der Waals surface area (Å²) in [7, 11) is 0. The van der Waals surface area contributed by atoms with Gasteiger partial charge < -0.3 is 0 Å². The SMILES string of the molecule is C1CCCCC1.C[Si](C)(Cl)Cl. The van der Waals surface area contributed by atoms with E-state index in [1.54, 1.807) is 0 Å². The molecule has 0 saturated heterocycles. The van der Waals surface area contributed by atoms with Crippen LogP contribution in [0.15, 0.2) is 0 Å². The molecule has 0 unspecified atom stereocenters. The Kier molecular flexibility index (Phi) is 6.79. The number of rotatable bonds is 0. The van der Waals surface area contributed by atoms with Gasteiger partial charge in [0.25, 0.3) is 0 Å². The molecule has 0 aliphatic heterocycles. The van der Waals surface area contributed by atoms with Gasteiger partial charge in [-0.2, -0.15) is 0 Å². The molecule has 0 amide bonds. The first-order chi connectivity index (χ1) is 5.00. The molecule has 0 aromatic rings. The number of halogens is 2. The molecule has 1 fully saturated rings. The second-order valence-corrected chi connectivity index (χ2v) is 12.4. The van der Waals surface area contributed by atoms with Crippen molar-refractivity contribution in [3.63, 3.8) is 0 Å². The highest BCUT2D eigenvalue weighted by atomic mass is 35.7. The summed E-state index contributed by atoms with van der Waals surface area (Å²) in [5, 5.41) is 0. The van der Waals surface area contributed by atoms with E-state index in [4.69, 9.17) is 22.2 Å². The summed E-state index contributed by atoms with van der Waals surface area (Å²) in [6, 6.07) is 0. The largest absolute Gasteiger partial charge is 0.245 e. The van der Waals surface area contributed by atoms with E-state index in [2.05, 4.69) is 0 Å². The topological polar surface area (TPSA) is 0 Å². The molecule has 1 aliphatic rings. The third kappa shape index (κ3) is 18.1. The number of hydrogen-bond donors (Lipinski definition) is 0. The van der Waals surface area contributed by atoms with E-state index < -0.39 is 6.69 Å². The molecular weight excluding hydrogens is 195 g/mol. The zero-order chi connectivity index (χ0) is 8.74. The molecular formula is C8H18Cl2Si. The second-order valence-electron chi connectivity index (χ2n) is 3.45. The van der Waals surface area contributed by atoms with E-state index in [1.165, 1.54) is 38.5 Å². The van der Waals surface area contributed by atoms with Crippen LogP contribution in [0.25, 0.3) is 0 Å². The summed E-state index contributed by atoms with van der Waals surface area (Å²) >= 11 is 10.9. The first kappa shape index (κ1) is 11.8. The van der Waals surface area contributed by atoms with E-state index in [0.29, 0.717) is 0 Å². The molecule has 0 radical (unpaired) electrons. The van der Waals surface area contributed by atoms with E-state index in [1.807, 2.05) is 13.1 Å². The fraction of sp³-hybridized carbons (Fsp3) is 1.00. The van der Waals surface area contributed by atoms with Gasteiger partial charge in [0.05, 0.1) is 0 Å². The van der Waals surface area contributed by atoms with Crippen molar-refractivity contribution in [2.24, 2.45) is 0 Å². The van der Waals surface area contributed by atoms with Crippen LogP contribution in [0, 0.1) is 0 Å². The second kappa shape index (κ2) is 6.33. The third-order valence-electron chi connectivity index (χ3n) is 1.50. The quantitative estimate of drug-likeness (QED) is 0.410. The van der Waals surface area contributed by atoms with Crippen molar-refractivity contribution >= 4 is 28.9 Å². The van der Waals surface area contributed by atoms with E-state index in [9.17, 15) is 0 Å². The van der Waals surface area contributed by atoms with Crippen molar-refractivity contribution in [2.75, 3.05) is 0 Å². The maximum atomic E-state index is 5.43. The first-order valence-electron chi connectivity index (χ1n) is 4.38. The maximum absolute atomic E-state index is 5.43. The minimum Gasteiger partial charge on any atom is -0.146 e. The van der Waals surface area contributed by atoms with Crippen molar-refractivity contribution in [1.29, 1.82) is 0 Å². The lowest BCUT2D eigenvalue weighted by Crippen LogP contribution is -2.02. The molecule has 0 atom stereocenters. The van der Waals surface area contributed by atoms with Gasteiger partial charge >= 0.3 is 0 Å². The molecule has 0 nitrogen and oxygen atoms in total. The minimum absolute atomic E-state index is 1.50. The molecule has 0 aromatic heterocycles. The average molecular weight is 213 g/mol. The molecule has 3 heteroatoms. The lowest BCUT2D eigenvalue weighted by atomic mass is 10.0. The van der Waals surface area contributed by atoms with Crippen LogP contribution in [-0.2, 0) is 0 Å². The van der Waals surface area contributed by atoms with Gasteiger partial charge in [0.1, 0.15) is 0 Å². The van der Waals surface area contributed by atoms with Crippen molar-refractivity contribution < 1.29 is 0 Å². The zero-order valence-corrected chi connectivity index (χ0v) is 10.0. The van der Waals surface area contributed by atoms with Crippen molar-refractivity contribution in [1.82, 2.24) is 0 Å². The minimum atomic E-state index is -1.67. The summed E-state index contributed by atoms with van der Waals surface area (Å²) in [4.78, 5) is 0. The van der Waals surface area contributed by atoms with Gasteiger partial charge in [0.15, 0.2) is 0 Å². The van der Waals surface area contributed by atoms with Crippen LogP contribution in [0.5, 0.6) is 0 Å². The van der Waals surface area contributed by atoms with Crippen molar-refractivity contribution in [2.45, 2.75) is 51.6 Å². The highest BCUT2D eigenvalue weighted by Gasteiger charge is 2.08. The van der Waals surface area contributed by atoms with Crippen LogP contribution < -0.4 is 0 Å². The lowest BCUT2D eigenvalue weighted by Gasteiger charge is -2.05. The van der Waals surface area contributed by atoms with Crippen LogP contribution in [0.1, 0.15) is 38.5 Å². The van der Waals surface area contributed by atoms with Crippen LogP contribution in [0.2, 0.25) is 13.1 Å². The molecule has 0 aromatic carbocycles. The summed E-state index contributed by atoms with van der Waals surface area (Å²) in [6.45, 7) is 2.05. The zero-order valence-electron chi connectivity index (χ0n) is 7.50. The molecule has 0 heterocycles. The Morgan fingerprint density at radius 3 is 0.909 bits per heavy atom. The van der Waals surface area contributed by atoms with Gasteiger partial charge in [-0.1, -0.05) is 38.5 Å². The molecule has 1 rings (SSSR count). The normalized spacial score (nSPS) is 18.5. The standard InChI is InChI=1S/C6H12.C2H6Cl2Si/c1-2-4-6-5-3-1;1-5(2,3)4/h1-6H2;1-2H3. The Morgan fingerprint density at radius 1 is 0.727 bits per heavy atom. The van der Waals surface area contributed by atoms with Gasteiger partial charge in [-0.3, -0.25) is 0 Å². The lowest BCUT2D eigenvalue weighted by molar-refractivity contribution is 0.504. The molecule has 68 valence electrons. The van der Waals surface area contributed by atoms with E-state index >= 15 is 0 Å². The fourth-order valence-electron chi connectivity index (χ4n) is 1.06. The Labute approximate surface area is 80.7 Å². The first-order valence-corrected chi connectivity index (χ1v) is 9.40. The van der Waals surface area contributed by atoms with Crippen molar-refractivity contribution in [3.8, 4) is 0 Å². The maximum Gasteiger partial charge on any atom is 0.245 e. The van der Waals surface area contributed by atoms with Gasteiger partial charge in [-0.05, 0) is 13.1 Å². The summed E-state index contributed by atoms with van der Waals surface area (Å²) in [5.74, 6) is 0. The van der Waals surface area contributed by atoms with E-state index in [-0.39, 0.29) is 0 Å². The summed E-state index contributed by atoms with van der Waals surface area (Å²) in [6.07, 6.45) is 9.00. The van der Waals surface area contributed by atoms with Crippen molar-refractivity contribution in [3.05, 3.63) is 0 Å². The monoisotopic (exact) mass is 212 g/mol. The summed E-state index contributed by atoms with van der Waals surface area (Å²) < 4.78 is 0. The molecule has 1 aliphatic carbocycles. The van der Waals surface area contributed by atoms with E-state index in [0.717, 1.165) is 0 Å². The Hall–Kier alpha value is 0.797. The highest BCUT2D eigenvalue weighted by Crippen LogP contribution is 2.15. The Bertz CT molecular complexity index is 67.1. The predicted octanol–water partition coefficient (Wildman–Crippen LogP) is 4.51. The molecule has 0 bridgehead atoms. The van der Waals surface area contributed by atoms with Crippen LogP contribution >= 0.6 is 22.2 Å². The summed E-state index contributed by atoms with van der Waals surface area (Å²) in [5.41, 5.74) is 0. The number of hydrogen-bond acceptors (Lipinski definition) is 0. The fourth-order valence-corrected chi connectivity index (χ4v) is 1.06. The molecule has 0 spiro atoms. The Balaban J connectivity index is 0.000000187. The van der Waals surface area contributed by atoms with Crippen LogP contribution in [0.4, 0.5) is 0 Å². The third-order valence-corrected chi connectivity index (χ3v) is 1.50. The van der Waals surface area contributed by atoms with Gasteiger partial charge in [-0.25, -0.2) is 0 Å². The van der Waals surface area contributed by atoms with Crippen LogP contribution in [-0.4, -0.2) is 6.69 Å². The molecule has 1 saturated carbocycles. The predicted molar refractivity (Wildman–Crippen MR) is 56.9 cm³/mol. The smallest absolute Gasteiger partial charge is 0.146 e.